The largest absolute Gasteiger partial charge is 0.496 e. The number of imidazole rings is 1. The molecule has 1 saturated heterocycles. The number of ether oxygens (including phenoxy) is 1. The number of piperidine rings is 1. The molecule has 32 heavy (non-hydrogen) atoms. The van der Waals surface area contributed by atoms with Gasteiger partial charge in [-0.25, -0.2) is 9.78 Å². The first-order valence-electron chi connectivity index (χ1n) is 11.9. The first-order chi connectivity index (χ1) is 15.7. The van der Waals surface area contributed by atoms with Gasteiger partial charge < -0.3 is 19.4 Å². The molecule has 6 heteroatoms. The Hall–Kier alpha value is -3.02. The Bertz CT molecular complexity index is 1080. The highest BCUT2D eigenvalue weighted by Crippen LogP contribution is 2.36. The summed E-state index contributed by atoms with van der Waals surface area (Å²) in [5.74, 6) is 2.23. The van der Waals surface area contributed by atoms with Gasteiger partial charge >= 0.3 is 6.03 Å². The molecule has 0 radical (unpaired) electrons. The third-order valence-corrected chi connectivity index (χ3v) is 7.02. The van der Waals surface area contributed by atoms with Gasteiger partial charge in [-0.2, -0.15) is 0 Å². The Labute approximate surface area is 189 Å². The van der Waals surface area contributed by atoms with E-state index in [0.29, 0.717) is 12.0 Å². The topological polar surface area (TPSA) is 58.9 Å². The molecule has 2 amide bonds. The van der Waals surface area contributed by atoms with Crippen LogP contribution >= 0.6 is 0 Å². The third kappa shape index (κ3) is 4.06. The minimum Gasteiger partial charge on any atom is -0.496 e. The number of carbonyl (C=O) groups is 1. The summed E-state index contributed by atoms with van der Waals surface area (Å²) in [6.45, 7) is 1.55. The molecule has 1 saturated carbocycles. The molecule has 2 aromatic heterocycles. The van der Waals surface area contributed by atoms with Gasteiger partial charge in [-0.3, -0.25) is 0 Å². The number of nitrogens with zero attached hydrogens (tertiary/aromatic N) is 3. The summed E-state index contributed by atoms with van der Waals surface area (Å²) in [6.07, 6.45) is 9.95. The number of aromatic nitrogens is 2. The Morgan fingerprint density at radius 2 is 1.75 bits per heavy atom. The average molecular weight is 433 g/mol. The lowest BCUT2D eigenvalue weighted by atomic mass is 9.95. The van der Waals surface area contributed by atoms with Crippen LogP contribution in [0.15, 0.2) is 48.7 Å². The lowest BCUT2D eigenvalue weighted by molar-refractivity contribution is 0.173. The Balaban J connectivity index is 1.34. The SMILES string of the molecule is COc1ccccc1-c1nc(C2CCN(C(=O)NC3CCCCC3)CC2)n2ccccc12. The van der Waals surface area contributed by atoms with E-state index in [1.807, 2.05) is 23.1 Å². The third-order valence-electron chi connectivity index (χ3n) is 7.02. The number of likely N-dealkylation sites (tertiary alicyclic amines) is 1. The molecule has 3 aromatic rings. The van der Waals surface area contributed by atoms with E-state index in [0.717, 1.165) is 67.1 Å². The van der Waals surface area contributed by atoms with Gasteiger partial charge in [0.1, 0.15) is 17.3 Å². The van der Waals surface area contributed by atoms with Crippen molar-refractivity contribution in [2.24, 2.45) is 0 Å². The molecule has 3 heterocycles. The second-order valence-electron chi connectivity index (χ2n) is 9.02. The van der Waals surface area contributed by atoms with Crippen molar-refractivity contribution in [3.8, 4) is 17.0 Å². The molecule has 0 atom stereocenters. The van der Waals surface area contributed by atoms with Gasteiger partial charge in [-0.1, -0.05) is 37.5 Å². The molecule has 2 fully saturated rings. The maximum absolute atomic E-state index is 12.8. The fourth-order valence-electron chi connectivity index (χ4n) is 5.24. The number of benzene rings is 1. The summed E-state index contributed by atoms with van der Waals surface area (Å²) < 4.78 is 7.82. The van der Waals surface area contributed by atoms with Crippen molar-refractivity contribution < 1.29 is 9.53 Å². The number of fused-ring (bicyclic) bond motifs is 1. The normalized spacial score (nSPS) is 18.1. The number of urea groups is 1. The molecular weight excluding hydrogens is 400 g/mol. The molecule has 0 unspecified atom stereocenters. The van der Waals surface area contributed by atoms with Gasteiger partial charge in [-0.15, -0.1) is 0 Å². The summed E-state index contributed by atoms with van der Waals surface area (Å²) in [5, 5.41) is 3.26. The van der Waals surface area contributed by atoms with Crippen molar-refractivity contribution in [3.63, 3.8) is 0 Å². The highest BCUT2D eigenvalue weighted by Gasteiger charge is 2.29. The first-order valence-corrected chi connectivity index (χ1v) is 11.9. The standard InChI is InChI=1S/C26H32N4O2/c1-32-23-13-6-5-11-21(23)24-22-12-7-8-16-30(22)25(28-24)19-14-17-29(18-15-19)26(31)27-20-9-3-2-4-10-20/h5-8,11-13,16,19-20H,2-4,9-10,14-15,17-18H2,1H3,(H,27,31). The number of hydrogen-bond acceptors (Lipinski definition) is 3. The fourth-order valence-corrected chi connectivity index (χ4v) is 5.24. The van der Waals surface area contributed by atoms with Crippen molar-refractivity contribution in [1.29, 1.82) is 0 Å². The van der Waals surface area contributed by atoms with Gasteiger partial charge in [-0.05, 0) is 49.9 Å². The van der Waals surface area contributed by atoms with E-state index >= 15 is 0 Å². The zero-order valence-electron chi connectivity index (χ0n) is 18.8. The van der Waals surface area contributed by atoms with Crippen LogP contribution in [0.4, 0.5) is 4.79 Å². The molecule has 2 aliphatic rings. The Morgan fingerprint density at radius 1 is 1.00 bits per heavy atom. The van der Waals surface area contributed by atoms with Crippen LogP contribution in [0.5, 0.6) is 5.75 Å². The molecule has 168 valence electrons. The number of amides is 2. The molecule has 0 bridgehead atoms. The fraction of sp³-hybridized carbons (Fsp3) is 0.462. The number of para-hydroxylation sites is 1. The van der Waals surface area contributed by atoms with Gasteiger partial charge in [0.2, 0.25) is 0 Å². The van der Waals surface area contributed by atoms with Crippen molar-refractivity contribution in [1.82, 2.24) is 19.6 Å². The maximum Gasteiger partial charge on any atom is 0.317 e. The highest BCUT2D eigenvalue weighted by atomic mass is 16.5. The van der Waals surface area contributed by atoms with Crippen molar-refractivity contribution in [3.05, 3.63) is 54.5 Å². The maximum atomic E-state index is 12.8. The summed E-state index contributed by atoms with van der Waals surface area (Å²) in [7, 11) is 1.70. The molecule has 1 N–H and O–H groups in total. The minimum atomic E-state index is 0.109. The van der Waals surface area contributed by atoms with Crippen LogP contribution in [0, 0.1) is 0 Å². The number of carbonyl (C=O) groups excluding carboxylic acids is 1. The van der Waals surface area contributed by atoms with Crippen LogP contribution in [0.1, 0.15) is 56.7 Å². The zero-order valence-corrected chi connectivity index (χ0v) is 18.8. The second kappa shape index (κ2) is 9.23. The number of hydrogen-bond donors (Lipinski definition) is 1. The Kier molecular flexibility index (Phi) is 6.02. The van der Waals surface area contributed by atoms with Crippen LogP contribution in [0.25, 0.3) is 16.8 Å². The summed E-state index contributed by atoms with van der Waals surface area (Å²) in [5.41, 5.74) is 3.05. The molecule has 1 aliphatic heterocycles. The molecular formula is C26H32N4O2. The first kappa shape index (κ1) is 20.9. The number of rotatable bonds is 4. The van der Waals surface area contributed by atoms with E-state index in [4.69, 9.17) is 9.72 Å². The monoisotopic (exact) mass is 432 g/mol. The zero-order chi connectivity index (χ0) is 21.9. The molecule has 1 aromatic carbocycles. The smallest absolute Gasteiger partial charge is 0.317 e. The van der Waals surface area contributed by atoms with Crippen molar-refractivity contribution in [2.45, 2.75) is 56.9 Å². The van der Waals surface area contributed by atoms with Crippen LogP contribution in [0.3, 0.4) is 0 Å². The predicted octanol–water partition coefficient (Wildman–Crippen LogP) is 5.23. The van der Waals surface area contributed by atoms with Gasteiger partial charge in [0.15, 0.2) is 0 Å². The molecule has 1 aliphatic carbocycles. The lowest BCUT2D eigenvalue weighted by Gasteiger charge is -2.33. The van der Waals surface area contributed by atoms with Gasteiger partial charge in [0, 0.05) is 36.8 Å². The summed E-state index contributed by atoms with van der Waals surface area (Å²) in [6, 6.07) is 14.7. The van der Waals surface area contributed by atoms with E-state index in [2.05, 4.69) is 40.2 Å². The van der Waals surface area contributed by atoms with Gasteiger partial charge in [0.05, 0.1) is 12.6 Å². The van der Waals surface area contributed by atoms with Crippen LogP contribution in [0.2, 0.25) is 0 Å². The average Bonchev–Trinajstić information content (AvgIpc) is 3.24. The van der Waals surface area contributed by atoms with E-state index < -0.39 is 0 Å². The Morgan fingerprint density at radius 3 is 2.53 bits per heavy atom. The quantitative estimate of drug-likeness (QED) is 0.614. The lowest BCUT2D eigenvalue weighted by Crippen LogP contribution is -2.48. The molecule has 0 spiro atoms. The minimum absolute atomic E-state index is 0.109. The number of methoxy groups -OCH3 is 1. The van der Waals surface area contributed by atoms with E-state index in [-0.39, 0.29) is 6.03 Å². The van der Waals surface area contributed by atoms with Gasteiger partial charge in [0.25, 0.3) is 0 Å². The van der Waals surface area contributed by atoms with Crippen molar-refractivity contribution in [2.75, 3.05) is 20.2 Å². The molecule has 5 rings (SSSR count). The van der Waals surface area contributed by atoms with Crippen LogP contribution in [-0.2, 0) is 0 Å². The van der Waals surface area contributed by atoms with E-state index in [1.54, 1.807) is 7.11 Å². The highest BCUT2D eigenvalue weighted by molar-refractivity contribution is 5.81. The van der Waals surface area contributed by atoms with E-state index in [9.17, 15) is 4.79 Å². The van der Waals surface area contributed by atoms with E-state index in [1.165, 1.54) is 19.3 Å². The van der Waals surface area contributed by atoms with Crippen molar-refractivity contribution >= 4 is 11.5 Å². The van der Waals surface area contributed by atoms with Crippen LogP contribution < -0.4 is 10.1 Å². The summed E-state index contributed by atoms with van der Waals surface area (Å²) in [4.78, 5) is 19.9. The predicted molar refractivity (Wildman–Crippen MR) is 126 cm³/mol. The number of nitrogens with one attached hydrogen (secondary N) is 1. The molecule has 6 nitrogen and oxygen atoms in total. The summed E-state index contributed by atoms with van der Waals surface area (Å²) >= 11 is 0. The number of pyridine rings is 1. The van der Waals surface area contributed by atoms with Crippen LogP contribution in [-0.4, -0.2) is 46.6 Å². The second-order valence-corrected chi connectivity index (χ2v) is 9.02.